The molecule has 2 N–H and O–H groups in total. The van der Waals surface area contributed by atoms with E-state index in [0.717, 1.165) is 31.5 Å². The van der Waals surface area contributed by atoms with Crippen molar-refractivity contribution < 1.29 is 9.47 Å². The number of nitrogens with zero attached hydrogens (tertiary/aromatic N) is 1. The highest BCUT2D eigenvalue weighted by atomic mass is 16.6. The van der Waals surface area contributed by atoms with Crippen LogP contribution in [-0.4, -0.2) is 51.5 Å². The van der Waals surface area contributed by atoms with Crippen molar-refractivity contribution in [1.82, 2.24) is 10.6 Å². The van der Waals surface area contributed by atoms with Crippen molar-refractivity contribution in [2.24, 2.45) is 10.9 Å². The number of guanidine groups is 1. The first-order valence-corrected chi connectivity index (χ1v) is 6.60. The van der Waals surface area contributed by atoms with E-state index in [0.29, 0.717) is 19.8 Å². The van der Waals surface area contributed by atoms with Crippen molar-refractivity contribution in [2.75, 3.05) is 39.5 Å². The molecule has 1 saturated heterocycles. The van der Waals surface area contributed by atoms with Gasteiger partial charge < -0.3 is 20.1 Å². The van der Waals surface area contributed by atoms with Gasteiger partial charge in [0.1, 0.15) is 0 Å². The maximum absolute atomic E-state index is 5.57. The van der Waals surface area contributed by atoms with Crippen LogP contribution in [-0.2, 0) is 9.47 Å². The predicted molar refractivity (Wildman–Crippen MR) is 67.3 cm³/mol. The summed E-state index contributed by atoms with van der Waals surface area (Å²) in [6.07, 6.45) is 2.82. The van der Waals surface area contributed by atoms with Gasteiger partial charge in [0.2, 0.25) is 0 Å². The highest BCUT2D eigenvalue weighted by Crippen LogP contribution is 2.28. The fourth-order valence-corrected chi connectivity index (χ4v) is 1.73. The maximum Gasteiger partial charge on any atom is 0.191 e. The fraction of sp³-hybridized carbons (Fsp3) is 0.917. The van der Waals surface area contributed by atoms with Gasteiger partial charge in [-0.25, -0.2) is 0 Å². The number of hydrogen-bond donors (Lipinski definition) is 2. The minimum Gasteiger partial charge on any atom is -0.376 e. The molecule has 1 saturated carbocycles. The first kappa shape index (κ1) is 12.6. The van der Waals surface area contributed by atoms with Gasteiger partial charge in [-0.2, -0.15) is 0 Å². The summed E-state index contributed by atoms with van der Waals surface area (Å²) in [5.41, 5.74) is 0. The van der Waals surface area contributed by atoms with Gasteiger partial charge in [0, 0.05) is 19.6 Å². The van der Waals surface area contributed by atoms with Crippen LogP contribution in [0.2, 0.25) is 0 Å². The summed E-state index contributed by atoms with van der Waals surface area (Å²) in [5, 5.41) is 6.56. The average molecular weight is 241 g/mol. The van der Waals surface area contributed by atoms with E-state index in [-0.39, 0.29) is 6.10 Å². The van der Waals surface area contributed by atoms with Crippen LogP contribution in [0.25, 0.3) is 0 Å². The first-order valence-electron chi connectivity index (χ1n) is 6.60. The molecule has 0 amide bonds. The van der Waals surface area contributed by atoms with Gasteiger partial charge in [-0.3, -0.25) is 4.99 Å². The quantitative estimate of drug-likeness (QED) is 0.539. The Morgan fingerprint density at radius 3 is 2.82 bits per heavy atom. The molecule has 0 aromatic heterocycles. The van der Waals surface area contributed by atoms with Crippen molar-refractivity contribution in [1.29, 1.82) is 0 Å². The molecule has 1 atom stereocenters. The average Bonchev–Trinajstić information content (AvgIpc) is 3.18. The summed E-state index contributed by atoms with van der Waals surface area (Å²) in [7, 11) is 0. The Morgan fingerprint density at radius 2 is 2.18 bits per heavy atom. The summed E-state index contributed by atoms with van der Waals surface area (Å²) < 4.78 is 10.9. The molecule has 0 aromatic rings. The molecule has 2 rings (SSSR count). The van der Waals surface area contributed by atoms with Gasteiger partial charge in [-0.1, -0.05) is 0 Å². The van der Waals surface area contributed by atoms with Crippen molar-refractivity contribution in [3.8, 4) is 0 Å². The molecule has 1 unspecified atom stereocenters. The lowest BCUT2D eigenvalue weighted by molar-refractivity contribution is -0.0850. The Morgan fingerprint density at radius 1 is 1.29 bits per heavy atom. The zero-order chi connectivity index (χ0) is 11.9. The summed E-state index contributed by atoms with van der Waals surface area (Å²) in [6, 6.07) is 0. The van der Waals surface area contributed by atoms with Crippen molar-refractivity contribution in [3.05, 3.63) is 0 Å². The monoisotopic (exact) mass is 241 g/mol. The van der Waals surface area contributed by atoms with E-state index in [4.69, 9.17) is 9.47 Å². The van der Waals surface area contributed by atoms with E-state index < -0.39 is 0 Å². The first-order chi connectivity index (χ1) is 8.38. The Hall–Kier alpha value is -0.810. The Kier molecular flexibility index (Phi) is 5.07. The van der Waals surface area contributed by atoms with E-state index in [1.165, 1.54) is 12.8 Å². The van der Waals surface area contributed by atoms with Gasteiger partial charge in [0.15, 0.2) is 5.96 Å². The normalized spacial score (nSPS) is 25.7. The molecule has 0 bridgehead atoms. The highest BCUT2D eigenvalue weighted by Gasteiger charge is 2.21. The lowest BCUT2D eigenvalue weighted by Gasteiger charge is -2.24. The molecule has 2 aliphatic rings. The van der Waals surface area contributed by atoms with E-state index >= 15 is 0 Å². The molecule has 1 aliphatic carbocycles. The van der Waals surface area contributed by atoms with Crippen molar-refractivity contribution in [3.63, 3.8) is 0 Å². The standard InChI is InChI=1S/C12H23N3O2/c1-2-13-12(14-7-10-3-4-10)15-8-11-9-16-5-6-17-11/h10-11H,2-9H2,1H3,(H2,13,14,15). The van der Waals surface area contributed by atoms with E-state index in [9.17, 15) is 0 Å². The summed E-state index contributed by atoms with van der Waals surface area (Å²) >= 11 is 0. The van der Waals surface area contributed by atoms with Crippen molar-refractivity contribution >= 4 is 5.96 Å². The largest absolute Gasteiger partial charge is 0.376 e. The molecule has 17 heavy (non-hydrogen) atoms. The molecule has 5 heteroatoms. The molecule has 1 aliphatic heterocycles. The fourth-order valence-electron chi connectivity index (χ4n) is 1.73. The van der Waals surface area contributed by atoms with Gasteiger partial charge in [0.25, 0.3) is 0 Å². The molecule has 0 aromatic carbocycles. The van der Waals surface area contributed by atoms with Crippen LogP contribution < -0.4 is 10.6 Å². The number of nitrogens with one attached hydrogen (secondary N) is 2. The lowest BCUT2D eigenvalue weighted by atomic mass is 10.3. The SMILES string of the molecule is CCNC(=NCC1CC1)NCC1COCCO1. The van der Waals surface area contributed by atoms with Crippen LogP contribution in [0.4, 0.5) is 0 Å². The molecule has 0 spiro atoms. The molecular weight excluding hydrogens is 218 g/mol. The summed E-state index contributed by atoms with van der Waals surface area (Å²) in [6.45, 7) is 6.75. The third-order valence-corrected chi connectivity index (χ3v) is 2.93. The molecule has 0 radical (unpaired) electrons. The van der Waals surface area contributed by atoms with Gasteiger partial charge in [-0.15, -0.1) is 0 Å². The molecule has 2 fully saturated rings. The third kappa shape index (κ3) is 4.91. The smallest absolute Gasteiger partial charge is 0.191 e. The zero-order valence-corrected chi connectivity index (χ0v) is 10.6. The van der Waals surface area contributed by atoms with Crippen LogP contribution in [0.5, 0.6) is 0 Å². The van der Waals surface area contributed by atoms with Crippen LogP contribution in [0, 0.1) is 5.92 Å². The number of aliphatic imine (C=N–C) groups is 1. The number of rotatable bonds is 5. The van der Waals surface area contributed by atoms with Crippen LogP contribution in [0.1, 0.15) is 19.8 Å². The second-order valence-corrected chi connectivity index (χ2v) is 4.61. The van der Waals surface area contributed by atoms with E-state index in [1.54, 1.807) is 0 Å². The summed E-state index contributed by atoms with van der Waals surface area (Å²) in [5.74, 6) is 1.72. The second-order valence-electron chi connectivity index (χ2n) is 4.61. The highest BCUT2D eigenvalue weighted by molar-refractivity contribution is 5.79. The van der Waals surface area contributed by atoms with Crippen LogP contribution in [0.15, 0.2) is 4.99 Å². The van der Waals surface area contributed by atoms with E-state index in [2.05, 4.69) is 22.5 Å². The molecule has 98 valence electrons. The topological polar surface area (TPSA) is 54.9 Å². The van der Waals surface area contributed by atoms with Crippen molar-refractivity contribution in [2.45, 2.75) is 25.9 Å². The molecular formula is C12H23N3O2. The second kappa shape index (κ2) is 6.81. The molecule has 5 nitrogen and oxygen atoms in total. The number of hydrogen-bond acceptors (Lipinski definition) is 3. The minimum absolute atomic E-state index is 0.147. The summed E-state index contributed by atoms with van der Waals surface area (Å²) in [4.78, 5) is 4.56. The Bertz CT molecular complexity index is 248. The maximum atomic E-state index is 5.57. The van der Waals surface area contributed by atoms with Gasteiger partial charge >= 0.3 is 0 Å². The Balaban J connectivity index is 1.69. The van der Waals surface area contributed by atoms with Gasteiger partial charge in [0.05, 0.1) is 25.9 Å². The zero-order valence-electron chi connectivity index (χ0n) is 10.6. The number of ether oxygens (including phenoxy) is 2. The minimum atomic E-state index is 0.147. The molecule has 1 heterocycles. The Labute approximate surface area is 103 Å². The van der Waals surface area contributed by atoms with E-state index in [1.807, 2.05) is 0 Å². The van der Waals surface area contributed by atoms with Gasteiger partial charge in [-0.05, 0) is 25.7 Å². The lowest BCUT2D eigenvalue weighted by Crippen LogP contribution is -2.44. The van der Waals surface area contributed by atoms with Crippen LogP contribution in [0.3, 0.4) is 0 Å². The van der Waals surface area contributed by atoms with Crippen LogP contribution >= 0.6 is 0 Å². The predicted octanol–water partition coefficient (Wildman–Crippen LogP) is 0.367. The third-order valence-electron chi connectivity index (χ3n) is 2.93.